The van der Waals surface area contributed by atoms with Crippen LogP contribution in [0.25, 0.3) is 0 Å². The van der Waals surface area contributed by atoms with Crippen molar-refractivity contribution < 1.29 is 13.5 Å². The van der Waals surface area contributed by atoms with Crippen molar-refractivity contribution in [1.82, 2.24) is 0 Å². The molecule has 1 N–H and O–H groups in total. The standard InChI is InChI=1S/C15H22O3S/c1-14(2,10-16)12-4-6-13(7-5-12)15(8-9-15)11-19(3,17)18/h4-7,16H,8-11H2,1-3H3. The number of hydrogen-bond donors (Lipinski definition) is 1. The summed E-state index contributed by atoms with van der Waals surface area (Å²) in [5, 5.41) is 9.36. The zero-order valence-corrected chi connectivity index (χ0v) is 12.6. The van der Waals surface area contributed by atoms with Gasteiger partial charge in [-0.25, -0.2) is 8.42 Å². The molecule has 106 valence electrons. The molecule has 0 amide bonds. The molecular weight excluding hydrogens is 260 g/mol. The highest BCUT2D eigenvalue weighted by atomic mass is 32.2. The van der Waals surface area contributed by atoms with Crippen molar-refractivity contribution in [3.63, 3.8) is 0 Å². The minimum absolute atomic E-state index is 0.0980. The van der Waals surface area contributed by atoms with Gasteiger partial charge < -0.3 is 5.11 Å². The zero-order chi connectivity index (χ0) is 14.3. The van der Waals surface area contributed by atoms with Crippen molar-refractivity contribution in [2.75, 3.05) is 18.6 Å². The molecule has 0 bridgehead atoms. The SMILES string of the molecule is CC(C)(CO)c1ccc(C2(CS(C)(=O)=O)CC2)cc1. The lowest BCUT2D eigenvalue weighted by molar-refractivity contribution is 0.218. The number of rotatable bonds is 5. The quantitative estimate of drug-likeness (QED) is 0.899. The lowest BCUT2D eigenvalue weighted by Crippen LogP contribution is -2.23. The van der Waals surface area contributed by atoms with E-state index in [1.807, 2.05) is 38.1 Å². The molecule has 0 heterocycles. The van der Waals surface area contributed by atoms with Crippen molar-refractivity contribution in [3.8, 4) is 0 Å². The Morgan fingerprint density at radius 1 is 1.21 bits per heavy atom. The predicted molar refractivity (Wildman–Crippen MR) is 77.2 cm³/mol. The van der Waals surface area contributed by atoms with Crippen LogP contribution in [0, 0.1) is 0 Å². The molecule has 0 unspecified atom stereocenters. The molecule has 1 saturated carbocycles. The van der Waals surface area contributed by atoms with E-state index in [9.17, 15) is 13.5 Å². The molecule has 0 saturated heterocycles. The van der Waals surface area contributed by atoms with Gasteiger partial charge in [0.05, 0.1) is 12.4 Å². The van der Waals surface area contributed by atoms with Crippen LogP contribution in [0.5, 0.6) is 0 Å². The largest absolute Gasteiger partial charge is 0.395 e. The molecule has 2 rings (SSSR count). The van der Waals surface area contributed by atoms with Crippen LogP contribution in [0.3, 0.4) is 0 Å². The Bertz CT molecular complexity index is 552. The maximum Gasteiger partial charge on any atom is 0.148 e. The third-order valence-corrected chi connectivity index (χ3v) is 5.14. The summed E-state index contributed by atoms with van der Waals surface area (Å²) in [5.41, 5.74) is 1.77. The van der Waals surface area contributed by atoms with Gasteiger partial charge in [-0.3, -0.25) is 0 Å². The Hall–Kier alpha value is -0.870. The number of hydrogen-bond acceptors (Lipinski definition) is 3. The fourth-order valence-corrected chi connectivity index (χ4v) is 3.99. The fourth-order valence-electron chi connectivity index (χ4n) is 2.54. The zero-order valence-electron chi connectivity index (χ0n) is 11.8. The van der Waals surface area contributed by atoms with E-state index in [0.717, 1.165) is 24.0 Å². The van der Waals surface area contributed by atoms with E-state index in [-0.39, 0.29) is 23.2 Å². The van der Waals surface area contributed by atoms with Crippen molar-refractivity contribution in [2.45, 2.75) is 37.5 Å². The van der Waals surface area contributed by atoms with Crippen LogP contribution in [0.15, 0.2) is 24.3 Å². The van der Waals surface area contributed by atoms with Crippen molar-refractivity contribution in [3.05, 3.63) is 35.4 Å². The van der Waals surface area contributed by atoms with Gasteiger partial charge in [0.15, 0.2) is 0 Å². The highest BCUT2D eigenvalue weighted by Gasteiger charge is 2.46. The van der Waals surface area contributed by atoms with Crippen LogP contribution < -0.4 is 0 Å². The van der Waals surface area contributed by atoms with E-state index < -0.39 is 9.84 Å². The molecule has 0 spiro atoms. The molecule has 0 radical (unpaired) electrons. The van der Waals surface area contributed by atoms with E-state index in [1.165, 1.54) is 6.26 Å². The third kappa shape index (κ3) is 3.18. The molecular formula is C15H22O3S. The van der Waals surface area contributed by atoms with E-state index in [2.05, 4.69) is 0 Å². The second-order valence-electron chi connectivity index (χ2n) is 6.47. The smallest absolute Gasteiger partial charge is 0.148 e. The second kappa shape index (κ2) is 4.60. The average Bonchev–Trinajstić information content (AvgIpc) is 3.08. The summed E-state index contributed by atoms with van der Waals surface area (Å²) in [6, 6.07) is 8.05. The first kappa shape index (κ1) is 14.5. The molecule has 1 aromatic carbocycles. The molecule has 19 heavy (non-hydrogen) atoms. The monoisotopic (exact) mass is 282 g/mol. The molecule has 0 aliphatic heterocycles. The predicted octanol–water partition coefficient (Wildman–Crippen LogP) is 2.03. The van der Waals surface area contributed by atoms with Crippen LogP contribution >= 0.6 is 0 Å². The van der Waals surface area contributed by atoms with Gasteiger partial charge in [-0.2, -0.15) is 0 Å². The van der Waals surface area contributed by atoms with Crippen LogP contribution in [-0.2, 0) is 20.7 Å². The van der Waals surface area contributed by atoms with Gasteiger partial charge in [0.2, 0.25) is 0 Å². The Kier molecular flexibility index (Phi) is 3.52. The van der Waals surface area contributed by atoms with Gasteiger partial charge in [-0.05, 0) is 24.0 Å². The topological polar surface area (TPSA) is 54.4 Å². The molecule has 3 nitrogen and oxygen atoms in total. The molecule has 4 heteroatoms. The molecule has 1 aliphatic carbocycles. The highest BCUT2D eigenvalue weighted by molar-refractivity contribution is 7.90. The minimum Gasteiger partial charge on any atom is -0.395 e. The third-order valence-electron chi connectivity index (χ3n) is 4.07. The van der Waals surface area contributed by atoms with Gasteiger partial charge in [0, 0.05) is 17.1 Å². The summed E-state index contributed by atoms with van der Waals surface area (Å²) >= 11 is 0. The van der Waals surface area contributed by atoms with Crippen LogP contribution in [-0.4, -0.2) is 32.1 Å². The summed E-state index contributed by atoms with van der Waals surface area (Å²) < 4.78 is 23.0. The molecule has 1 aliphatic rings. The first-order valence-electron chi connectivity index (χ1n) is 6.58. The van der Waals surface area contributed by atoms with Crippen molar-refractivity contribution in [2.24, 2.45) is 0 Å². The second-order valence-corrected chi connectivity index (χ2v) is 8.61. The van der Waals surface area contributed by atoms with Crippen molar-refractivity contribution in [1.29, 1.82) is 0 Å². The first-order chi connectivity index (χ1) is 8.69. The van der Waals surface area contributed by atoms with Crippen LogP contribution in [0.2, 0.25) is 0 Å². The molecule has 1 fully saturated rings. The molecule has 0 aromatic heterocycles. The van der Waals surface area contributed by atoms with Crippen molar-refractivity contribution >= 4 is 9.84 Å². The maximum absolute atomic E-state index is 11.5. The summed E-state index contributed by atoms with van der Waals surface area (Å²) in [5.74, 6) is 0.239. The van der Waals surface area contributed by atoms with E-state index in [1.54, 1.807) is 0 Å². The van der Waals surface area contributed by atoms with Gasteiger partial charge in [-0.1, -0.05) is 38.1 Å². The summed E-state index contributed by atoms with van der Waals surface area (Å²) in [4.78, 5) is 0. The van der Waals surface area contributed by atoms with Gasteiger partial charge >= 0.3 is 0 Å². The summed E-state index contributed by atoms with van der Waals surface area (Å²) in [6.07, 6.45) is 3.20. The number of sulfone groups is 1. The van der Waals surface area contributed by atoms with Crippen LogP contribution in [0.1, 0.15) is 37.8 Å². The highest BCUT2D eigenvalue weighted by Crippen LogP contribution is 2.49. The van der Waals surface area contributed by atoms with E-state index in [4.69, 9.17) is 0 Å². The Balaban J connectivity index is 2.25. The van der Waals surface area contributed by atoms with Gasteiger partial charge in [-0.15, -0.1) is 0 Å². The molecule has 1 aromatic rings. The van der Waals surface area contributed by atoms with Crippen LogP contribution in [0.4, 0.5) is 0 Å². The number of benzene rings is 1. The first-order valence-corrected chi connectivity index (χ1v) is 8.64. The number of aliphatic hydroxyl groups is 1. The van der Waals surface area contributed by atoms with E-state index >= 15 is 0 Å². The lowest BCUT2D eigenvalue weighted by Gasteiger charge is -2.23. The van der Waals surface area contributed by atoms with Gasteiger partial charge in [0.25, 0.3) is 0 Å². The normalized spacial score (nSPS) is 18.3. The minimum atomic E-state index is -2.95. The average molecular weight is 282 g/mol. The fraction of sp³-hybridized carbons (Fsp3) is 0.600. The van der Waals surface area contributed by atoms with Gasteiger partial charge in [0.1, 0.15) is 9.84 Å². The molecule has 0 atom stereocenters. The number of aliphatic hydroxyl groups excluding tert-OH is 1. The lowest BCUT2D eigenvalue weighted by atomic mass is 9.84. The maximum atomic E-state index is 11.5. The summed E-state index contributed by atoms with van der Waals surface area (Å²) in [7, 11) is -2.95. The van der Waals surface area contributed by atoms with E-state index in [0.29, 0.717) is 0 Å². The Morgan fingerprint density at radius 2 is 1.74 bits per heavy atom. The summed E-state index contributed by atoms with van der Waals surface area (Å²) in [6.45, 7) is 4.08. The Morgan fingerprint density at radius 3 is 2.11 bits per heavy atom. The Labute approximate surface area is 115 Å².